The van der Waals surface area contributed by atoms with Crippen LogP contribution in [0.4, 0.5) is 5.69 Å². The van der Waals surface area contributed by atoms with Crippen LogP contribution < -0.4 is 10.2 Å². The van der Waals surface area contributed by atoms with Crippen molar-refractivity contribution >= 4 is 43.3 Å². The maximum atomic E-state index is 12.5. The molecule has 1 N–H and O–H groups in total. The average molecular weight is 415 g/mol. The predicted molar refractivity (Wildman–Crippen MR) is 94.4 cm³/mol. The first-order valence-electron chi connectivity index (χ1n) is 7.76. The van der Waals surface area contributed by atoms with Crippen LogP contribution in [0.5, 0.6) is 0 Å². The zero-order chi connectivity index (χ0) is 17.5. The van der Waals surface area contributed by atoms with Gasteiger partial charge in [-0.15, -0.1) is 0 Å². The van der Waals surface area contributed by atoms with Crippen LogP contribution >= 0.6 is 15.9 Å². The van der Waals surface area contributed by atoms with Gasteiger partial charge in [-0.1, -0.05) is 15.9 Å². The number of hydrogen-bond acceptors (Lipinski definition) is 4. The van der Waals surface area contributed by atoms with Crippen molar-refractivity contribution in [1.29, 1.82) is 0 Å². The summed E-state index contributed by atoms with van der Waals surface area (Å²) in [4.78, 5) is 26.3. The SMILES string of the molecule is CC1(NC(=O)C2CC(=O)N(c3ccc(Br)cc3)C2)CCS(=O)(=O)C1. The fraction of sp³-hybridized carbons (Fsp3) is 0.500. The molecular formula is C16H19BrN2O4S. The molecule has 2 amide bonds. The Morgan fingerprint density at radius 1 is 1.33 bits per heavy atom. The Labute approximate surface area is 149 Å². The highest BCUT2D eigenvalue weighted by molar-refractivity contribution is 9.10. The summed E-state index contributed by atoms with van der Waals surface area (Å²) in [6, 6.07) is 7.35. The number of carbonyl (C=O) groups is 2. The first-order chi connectivity index (χ1) is 11.2. The Balaban J connectivity index is 1.67. The van der Waals surface area contributed by atoms with Gasteiger partial charge in [0.2, 0.25) is 11.8 Å². The Hall–Kier alpha value is -1.41. The Morgan fingerprint density at radius 3 is 2.58 bits per heavy atom. The molecule has 0 radical (unpaired) electrons. The van der Waals surface area contributed by atoms with Gasteiger partial charge in [-0.05, 0) is 37.6 Å². The van der Waals surface area contributed by atoms with Crippen LogP contribution in [0.3, 0.4) is 0 Å². The summed E-state index contributed by atoms with van der Waals surface area (Å²) in [7, 11) is -3.09. The van der Waals surface area contributed by atoms with Crippen LogP contribution in [0, 0.1) is 5.92 Å². The lowest BCUT2D eigenvalue weighted by molar-refractivity contribution is -0.127. The Morgan fingerprint density at radius 2 is 2.00 bits per heavy atom. The summed E-state index contributed by atoms with van der Waals surface area (Å²) in [5.41, 5.74) is 0.0254. The zero-order valence-electron chi connectivity index (χ0n) is 13.3. The molecule has 2 unspecified atom stereocenters. The molecule has 0 spiro atoms. The summed E-state index contributed by atoms with van der Waals surface area (Å²) < 4.78 is 24.2. The van der Waals surface area contributed by atoms with Gasteiger partial charge in [0.05, 0.1) is 23.0 Å². The summed E-state index contributed by atoms with van der Waals surface area (Å²) in [5, 5.41) is 2.85. The van der Waals surface area contributed by atoms with Gasteiger partial charge in [0.25, 0.3) is 0 Å². The molecular weight excluding hydrogens is 396 g/mol. The van der Waals surface area contributed by atoms with E-state index in [1.807, 2.05) is 24.3 Å². The second-order valence-corrected chi connectivity index (χ2v) is 9.87. The molecule has 0 aliphatic carbocycles. The van der Waals surface area contributed by atoms with Crippen molar-refractivity contribution in [1.82, 2.24) is 5.32 Å². The van der Waals surface area contributed by atoms with E-state index in [2.05, 4.69) is 21.2 Å². The fourth-order valence-electron chi connectivity index (χ4n) is 3.26. The fourth-order valence-corrected chi connectivity index (χ4v) is 5.62. The number of carbonyl (C=O) groups excluding carboxylic acids is 2. The number of halogens is 1. The number of sulfone groups is 1. The van der Waals surface area contributed by atoms with E-state index in [4.69, 9.17) is 0 Å². The minimum atomic E-state index is -3.09. The van der Waals surface area contributed by atoms with Crippen LogP contribution in [0.1, 0.15) is 19.8 Å². The van der Waals surface area contributed by atoms with Crippen molar-refractivity contribution in [2.24, 2.45) is 5.92 Å². The second-order valence-electron chi connectivity index (χ2n) is 6.77. The molecule has 2 aliphatic heterocycles. The lowest BCUT2D eigenvalue weighted by atomic mass is 9.99. The van der Waals surface area contributed by atoms with Gasteiger partial charge in [-0.2, -0.15) is 0 Å². The molecule has 2 atom stereocenters. The smallest absolute Gasteiger partial charge is 0.227 e. The molecule has 0 bridgehead atoms. The van der Waals surface area contributed by atoms with Crippen LogP contribution in [0.2, 0.25) is 0 Å². The molecule has 1 aromatic rings. The van der Waals surface area contributed by atoms with Crippen molar-refractivity contribution in [3.05, 3.63) is 28.7 Å². The number of nitrogens with one attached hydrogen (secondary N) is 1. The summed E-state index contributed by atoms with van der Waals surface area (Å²) in [5.74, 6) is -0.744. The van der Waals surface area contributed by atoms with Gasteiger partial charge < -0.3 is 10.2 Å². The lowest BCUT2D eigenvalue weighted by Gasteiger charge is -2.25. The van der Waals surface area contributed by atoms with E-state index < -0.39 is 21.3 Å². The van der Waals surface area contributed by atoms with E-state index in [0.717, 1.165) is 10.2 Å². The molecule has 130 valence electrons. The van der Waals surface area contributed by atoms with Crippen molar-refractivity contribution in [2.45, 2.75) is 25.3 Å². The largest absolute Gasteiger partial charge is 0.350 e. The molecule has 0 aromatic heterocycles. The van der Waals surface area contributed by atoms with Crippen LogP contribution in [0.15, 0.2) is 28.7 Å². The number of benzene rings is 1. The molecule has 0 saturated carbocycles. The molecule has 24 heavy (non-hydrogen) atoms. The summed E-state index contributed by atoms with van der Waals surface area (Å²) in [6.07, 6.45) is 0.558. The standard InChI is InChI=1S/C16H19BrN2O4S/c1-16(6-7-24(22,23)10-16)18-15(21)11-8-14(20)19(9-11)13-4-2-12(17)3-5-13/h2-5,11H,6-10H2,1H3,(H,18,21). The third-order valence-corrected chi connectivity index (χ3v) is 6.99. The molecule has 2 fully saturated rings. The van der Waals surface area contributed by atoms with E-state index in [1.165, 1.54) is 0 Å². The van der Waals surface area contributed by atoms with Crippen molar-refractivity contribution in [3.8, 4) is 0 Å². The van der Waals surface area contributed by atoms with E-state index >= 15 is 0 Å². The minimum Gasteiger partial charge on any atom is -0.350 e. The van der Waals surface area contributed by atoms with E-state index in [-0.39, 0.29) is 29.7 Å². The van der Waals surface area contributed by atoms with E-state index in [1.54, 1.807) is 11.8 Å². The topological polar surface area (TPSA) is 83.6 Å². The highest BCUT2D eigenvalue weighted by Crippen LogP contribution is 2.28. The third kappa shape index (κ3) is 3.64. The molecule has 6 nitrogen and oxygen atoms in total. The molecule has 2 aliphatic rings. The molecule has 2 saturated heterocycles. The van der Waals surface area contributed by atoms with Crippen molar-refractivity contribution < 1.29 is 18.0 Å². The van der Waals surface area contributed by atoms with E-state index in [0.29, 0.717) is 13.0 Å². The normalized spacial score (nSPS) is 29.0. The Kier molecular flexibility index (Phi) is 4.46. The average Bonchev–Trinajstić information content (AvgIpc) is 3.00. The predicted octanol–water partition coefficient (Wildman–Crippen LogP) is 1.50. The highest BCUT2D eigenvalue weighted by atomic mass is 79.9. The van der Waals surface area contributed by atoms with Gasteiger partial charge in [0.1, 0.15) is 0 Å². The maximum absolute atomic E-state index is 12.5. The monoisotopic (exact) mass is 414 g/mol. The van der Waals surface area contributed by atoms with Gasteiger partial charge in [0.15, 0.2) is 9.84 Å². The number of hydrogen-bond donors (Lipinski definition) is 1. The van der Waals surface area contributed by atoms with Gasteiger partial charge >= 0.3 is 0 Å². The number of nitrogens with zero attached hydrogens (tertiary/aromatic N) is 1. The van der Waals surface area contributed by atoms with Crippen molar-refractivity contribution in [3.63, 3.8) is 0 Å². The third-order valence-electron chi connectivity index (χ3n) is 4.56. The van der Waals surface area contributed by atoms with Crippen LogP contribution in [-0.4, -0.2) is 43.8 Å². The first-order valence-corrected chi connectivity index (χ1v) is 10.4. The minimum absolute atomic E-state index is 0.0389. The zero-order valence-corrected chi connectivity index (χ0v) is 15.7. The van der Waals surface area contributed by atoms with Crippen molar-refractivity contribution in [2.75, 3.05) is 23.0 Å². The maximum Gasteiger partial charge on any atom is 0.227 e. The Bertz CT molecular complexity index is 778. The number of amides is 2. The molecule has 2 heterocycles. The van der Waals surface area contributed by atoms with E-state index in [9.17, 15) is 18.0 Å². The number of rotatable bonds is 3. The summed E-state index contributed by atoms with van der Waals surface area (Å²) >= 11 is 3.35. The highest BCUT2D eigenvalue weighted by Gasteiger charge is 2.42. The van der Waals surface area contributed by atoms with Gasteiger partial charge in [-0.25, -0.2) is 8.42 Å². The van der Waals surface area contributed by atoms with Gasteiger partial charge in [0, 0.05) is 23.1 Å². The van der Waals surface area contributed by atoms with Crippen LogP contribution in [-0.2, 0) is 19.4 Å². The lowest BCUT2D eigenvalue weighted by Crippen LogP contribution is -2.49. The molecule has 1 aromatic carbocycles. The number of anilines is 1. The molecule has 3 rings (SSSR count). The quantitative estimate of drug-likeness (QED) is 0.811. The second kappa shape index (κ2) is 6.15. The van der Waals surface area contributed by atoms with Crippen LogP contribution in [0.25, 0.3) is 0 Å². The molecule has 8 heteroatoms. The summed E-state index contributed by atoms with van der Waals surface area (Å²) in [6.45, 7) is 2.06. The van der Waals surface area contributed by atoms with Gasteiger partial charge in [-0.3, -0.25) is 9.59 Å². The first kappa shape index (κ1) is 17.4.